The number of fused-ring (bicyclic) bond motifs is 1. The highest BCUT2D eigenvalue weighted by molar-refractivity contribution is 5.60. The predicted molar refractivity (Wildman–Crippen MR) is 76.0 cm³/mol. The number of hydrogen-bond acceptors (Lipinski definition) is 0. The van der Waals surface area contributed by atoms with Crippen LogP contribution in [0.4, 0.5) is 0 Å². The van der Waals surface area contributed by atoms with Crippen molar-refractivity contribution in [3.8, 4) is 0 Å². The first-order valence-electron chi connectivity index (χ1n) is 6.57. The van der Waals surface area contributed by atoms with Crippen LogP contribution in [-0.2, 0) is 6.42 Å². The second-order valence-electron chi connectivity index (χ2n) is 3.72. The molecule has 1 aromatic carbocycles. The lowest BCUT2D eigenvalue weighted by Gasteiger charge is -2.07. The van der Waals surface area contributed by atoms with Crippen molar-refractivity contribution in [1.29, 1.82) is 0 Å². The quantitative estimate of drug-likeness (QED) is 0.589. The Labute approximate surface area is 101 Å². The molecule has 0 spiro atoms. The molecule has 0 N–H and O–H groups in total. The Balaban J connectivity index is 0.000000509. The minimum absolute atomic E-state index is 0.643. The molecule has 0 saturated carbocycles. The van der Waals surface area contributed by atoms with Gasteiger partial charge in [-0.05, 0) is 29.0 Å². The van der Waals surface area contributed by atoms with E-state index < -0.39 is 0 Å². The number of benzene rings is 1. The zero-order valence-electron chi connectivity index (χ0n) is 11.7. The van der Waals surface area contributed by atoms with E-state index in [1.54, 1.807) is 0 Å². The lowest BCUT2D eigenvalue weighted by atomic mass is 9.99. The fourth-order valence-electron chi connectivity index (χ4n) is 1.63. The van der Waals surface area contributed by atoms with Crippen molar-refractivity contribution in [2.24, 2.45) is 0 Å². The topological polar surface area (TPSA) is 0 Å². The fraction of sp³-hybridized carbons (Fsp3) is 0.500. The normalized spacial score (nSPS) is 11.2. The Morgan fingerprint density at radius 1 is 1.00 bits per heavy atom. The summed E-state index contributed by atoms with van der Waals surface area (Å²) >= 11 is 0. The van der Waals surface area contributed by atoms with Crippen LogP contribution in [0.25, 0.3) is 6.08 Å². The molecule has 0 radical (unpaired) electrons. The third kappa shape index (κ3) is 3.84. The minimum Gasteiger partial charge on any atom is -0.0795 e. The summed E-state index contributed by atoms with van der Waals surface area (Å²) in [6.07, 6.45) is 5.57. The van der Waals surface area contributed by atoms with Crippen molar-refractivity contribution < 1.29 is 0 Å². The van der Waals surface area contributed by atoms with Gasteiger partial charge in [-0.15, -0.1) is 0 Å². The number of hydrogen-bond donors (Lipinski definition) is 0. The first-order chi connectivity index (χ1) is 7.77. The van der Waals surface area contributed by atoms with Gasteiger partial charge in [0.05, 0.1) is 0 Å². The van der Waals surface area contributed by atoms with Gasteiger partial charge in [-0.2, -0.15) is 0 Å². The molecule has 0 heterocycles. The Kier molecular flexibility index (Phi) is 7.62. The van der Waals surface area contributed by atoms with E-state index in [1.165, 1.54) is 16.7 Å². The molecule has 0 unspecified atom stereocenters. The maximum absolute atomic E-state index is 2.31. The molecule has 0 aromatic heterocycles. The maximum Gasteiger partial charge on any atom is -0.00882 e. The number of rotatable bonds is 1. The summed E-state index contributed by atoms with van der Waals surface area (Å²) in [4.78, 5) is 0. The van der Waals surface area contributed by atoms with Gasteiger partial charge in [0.25, 0.3) is 0 Å². The van der Waals surface area contributed by atoms with Gasteiger partial charge < -0.3 is 0 Å². The summed E-state index contributed by atoms with van der Waals surface area (Å²) in [6.45, 7) is 12.5. The summed E-state index contributed by atoms with van der Waals surface area (Å²) in [5.74, 6) is 0.643. The monoisotopic (exact) mass is 218 g/mol. The van der Waals surface area contributed by atoms with Crippen molar-refractivity contribution in [3.05, 3.63) is 41.0 Å². The zero-order chi connectivity index (χ0) is 12.6. The summed E-state index contributed by atoms with van der Waals surface area (Å²) in [5, 5.41) is 0. The van der Waals surface area contributed by atoms with E-state index in [0.717, 1.165) is 6.42 Å². The summed E-state index contributed by atoms with van der Waals surface area (Å²) < 4.78 is 0. The van der Waals surface area contributed by atoms with Crippen LogP contribution in [0.3, 0.4) is 0 Å². The largest absolute Gasteiger partial charge is 0.0795 e. The standard InChI is InChI=1S/C12H14.2C2H6/c1-9(2)11-7-6-10-4-3-5-12(10)8-11;2*1-2/h3,5-9H,4H2,1-2H3;2*1-2H3. The minimum atomic E-state index is 0.643. The highest BCUT2D eigenvalue weighted by Crippen LogP contribution is 2.24. The fourth-order valence-corrected chi connectivity index (χ4v) is 1.63. The molecule has 0 fully saturated rings. The summed E-state index contributed by atoms with van der Waals surface area (Å²) in [7, 11) is 0. The third-order valence-electron chi connectivity index (χ3n) is 2.47. The molecule has 1 aliphatic rings. The molecular formula is C16H26. The highest BCUT2D eigenvalue weighted by Gasteiger charge is 2.06. The van der Waals surface area contributed by atoms with Gasteiger partial charge >= 0.3 is 0 Å². The van der Waals surface area contributed by atoms with Crippen molar-refractivity contribution >= 4 is 6.08 Å². The van der Waals surface area contributed by atoms with E-state index in [2.05, 4.69) is 44.2 Å². The van der Waals surface area contributed by atoms with Gasteiger partial charge in [-0.3, -0.25) is 0 Å². The van der Waals surface area contributed by atoms with Crippen molar-refractivity contribution in [3.63, 3.8) is 0 Å². The third-order valence-corrected chi connectivity index (χ3v) is 2.47. The Morgan fingerprint density at radius 2 is 1.62 bits per heavy atom. The molecular weight excluding hydrogens is 192 g/mol. The van der Waals surface area contributed by atoms with Crippen molar-refractivity contribution in [2.45, 2.75) is 53.9 Å². The van der Waals surface area contributed by atoms with Crippen molar-refractivity contribution in [1.82, 2.24) is 0 Å². The molecule has 0 aliphatic heterocycles. The van der Waals surface area contributed by atoms with Crippen LogP contribution in [0.5, 0.6) is 0 Å². The van der Waals surface area contributed by atoms with Gasteiger partial charge in [0.15, 0.2) is 0 Å². The highest BCUT2D eigenvalue weighted by atomic mass is 14.1. The molecule has 90 valence electrons. The van der Waals surface area contributed by atoms with Crippen LogP contribution in [0.2, 0.25) is 0 Å². The van der Waals surface area contributed by atoms with Gasteiger partial charge in [-0.1, -0.05) is 71.9 Å². The lowest BCUT2D eigenvalue weighted by Crippen LogP contribution is -1.89. The Hall–Kier alpha value is -1.04. The zero-order valence-corrected chi connectivity index (χ0v) is 11.7. The molecule has 1 aromatic rings. The molecule has 16 heavy (non-hydrogen) atoms. The SMILES string of the molecule is CC.CC.CC(C)c1ccc2c(c1)C=CC2. The molecule has 2 rings (SSSR count). The average Bonchev–Trinajstić information content (AvgIpc) is 2.81. The average molecular weight is 218 g/mol. The molecule has 0 amide bonds. The first-order valence-corrected chi connectivity index (χ1v) is 6.57. The lowest BCUT2D eigenvalue weighted by molar-refractivity contribution is 0.865. The van der Waals surface area contributed by atoms with Crippen LogP contribution in [-0.4, -0.2) is 0 Å². The second kappa shape index (κ2) is 8.15. The van der Waals surface area contributed by atoms with E-state index in [-0.39, 0.29) is 0 Å². The Morgan fingerprint density at radius 3 is 2.19 bits per heavy atom. The molecule has 0 atom stereocenters. The summed E-state index contributed by atoms with van der Waals surface area (Å²) in [5.41, 5.74) is 4.33. The van der Waals surface area contributed by atoms with E-state index in [0.29, 0.717) is 5.92 Å². The van der Waals surface area contributed by atoms with Crippen LogP contribution in [0.15, 0.2) is 24.3 Å². The van der Waals surface area contributed by atoms with Gasteiger partial charge in [0.2, 0.25) is 0 Å². The smallest absolute Gasteiger partial charge is 0.00882 e. The molecule has 0 saturated heterocycles. The van der Waals surface area contributed by atoms with Crippen LogP contribution < -0.4 is 0 Å². The summed E-state index contributed by atoms with van der Waals surface area (Å²) in [6, 6.07) is 6.81. The molecule has 0 nitrogen and oxygen atoms in total. The van der Waals surface area contributed by atoms with Crippen LogP contribution in [0.1, 0.15) is 64.2 Å². The predicted octanol–water partition coefficient (Wildman–Crippen LogP) is 5.43. The van der Waals surface area contributed by atoms with Gasteiger partial charge in [-0.25, -0.2) is 0 Å². The van der Waals surface area contributed by atoms with Gasteiger partial charge in [0.1, 0.15) is 0 Å². The van der Waals surface area contributed by atoms with E-state index >= 15 is 0 Å². The van der Waals surface area contributed by atoms with Crippen molar-refractivity contribution in [2.75, 3.05) is 0 Å². The van der Waals surface area contributed by atoms with E-state index in [9.17, 15) is 0 Å². The molecule has 0 heteroatoms. The Bertz CT molecular complexity index is 319. The maximum atomic E-state index is 2.31. The number of allylic oxidation sites excluding steroid dienone is 1. The molecule has 1 aliphatic carbocycles. The van der Waals surface area contributed by atoms with E-state index in [1.807, 2.05) is 27.7 Å². The van der Waals surface area contributed by atoms with Gasteiger partial charge in [0, 0.05) is 0 Å². The first kappa shape index (κ1) is 15.0. The van der Waals surface area contributed by atoms with Crippen LogP contribution >= 0.6 is 0 Å². The second-order valence-corrected chi connectivity index (χ2v) is 3.72. The molecule has 0 bridgehead atoms. The van der Waals surface area contributed by atoms with Crippen LogP contribution in [0, 0.1) is 0 Å². The van der Waals surface area contributed by atoms with E-state index in [4.69, 9.17) is 0 Å².